The SMILES string of the molecule is Cc1cccc(-n2[nH]c(=O)c(C(C)(C)C)c2CC(C)C)c1. The Balaban J connectivity index is 2.69. The largest absolute Gasteiger partial charge is 0.268 e. The van der Waals surface area contributed by atoms with Gasteiger partial charge in [-0.05, 0) is 42.4 Å². The lowest BCUT2D eigenvalue weighted by atomic mass is 9.85. The van der Waals surface area contributed by atoms with Gasteiger partial charge in [0.25, 0.3) is 5.56 Å². The second-order valence-electron chi connectivity index (χ2n) is 7.29. The molecule has 0 spiro atoms. The molecule has 0 unspecified atom stereocenters. The monoisotopic (exact) mass is 286 g/mol. The van der Waals surface area contributed by atoms with Crippen LogP contribution in [0.5, 0.6) is 0 Å². The van der Waals surface area contributed by atoms with Crippen LogP contribution < -0.4 is 5.56 Å². The Bertz CT molecular complexity index is 684. The topological polar surface area (TPSA) is 37.8 Å². The predicted octanol–water partition coefficient (Wildman–Crippen LogP) is 3.97. The smallest absolute Gasteiger partial charge is 0.268 e. The van der Waals surface area contributed by atoms with Crippen LogP contribution in [0, 0.1) is 12.8 Å². The van der Waals surface area contributed by atoms with E-state index in [1.807, 2.05) is 16.8 Å². The van der Waals surface area contributed by atoms with Crippen molar-refractivity contribution in [3.05, 3.63) is 51.4 Å². The molecule has 1 aromatic carbocycles. The molecule has 0 atom stereocenters. The van der Waals surface area contributed by atoms with Crippen LogP contribution in [0.4, 0.5) is 0 Å². The molecule has 0 aliphatic rings. The van der Waals surface area contributed by atoms with Gasteiger partial charge in [-0.15, -0.1) is 0 Å². The molecule has 1 heterocycles. The van der Waals surface area contributed by atoms with Gasteiger partial charge in [-0.25, -0.2) is 0 Å². The second-order valence-corrected chi connectivity index (χ2v) is 7.29. The number of benzene rings is 1. The van der Waals surface area contributed by atoms with Crippen molar-refractivity contribution in [2.75, 3.05) is 0 Å². The van der Waals surface area contributed by atoms with Crippen LogP contribution in [-0.2, 0) is 11.8 Å². The van der Waals surface area contributed by atoms with Gasteiger partial charge in [0, 0.05) is 5.56 Å². The maximum atomic E-state index is 12.5. The van der Waals surface area contributed by atoms with E-state index in [2.05, 4.69) is 58.8 Å². The normalized spacial score (nSPS) is 12.1. The van der Waals surface area contributed by atoms with E-state index in [1.54, 1.807) is 0 Å². The fraction of sp³-hybridized carbons (Fsp3) is 0.500. The lowest BCUT2D eigenvalue weighted by Gasteiger charge is -2.20. The zero-order chi connectivity index (χ0) is 15.8. The van der Waals surface area contributed by atoms with Gasteiger partial charge in [0.05, 0.1) is 11.4 Å². The number of aromatic amines is 1. The summed E-state index contributed by atoms with van der Waals surface area (Å²) in [6.07, 6.45) is 0.888. The molecule has 2 aromatic rings. The number of hydrogen-bond acceptors (Lipinski definition) is 1. The molecule has 3 heteroatoms. The number of aryl methyl sites for hydroxylation is 1. The molecular weight excluding hydrogens is 260 g/mol. The van der Waals surface area contributed by atoms with Gasteiger partial charge in [0.1, 0.15) is 0 Å². The van der Waals surface area contributed by atoms with E-state index in [4.69, 9.17) is 0 Å². The molecule has 0 bridgehead atoms. The van der Waals surface area contributed by atoms with E-state index >= 15 is 0 Å². The van der Waals surface area contributed by atoms with Gasteiger partial charge in [-0.3, -0.25) is 14.6 Å². The molecule has 0 radical (unpaired) electrons. The first kappa shape index (κ1) is 15.6. The number of hydrogen-bond donors (Lipinski definition) is 1. The van der Waals surface area contributed by atoms with E-state index in [-0.39, 0.29) is 11.0 Å². The Morgan fingerprint density at radius 2 is 1.90 bits per heavy atom. The summed E-state index contributed by atoms with van der Waals surface area (Å²) in [5, 5.41) is 3.03. The summed E-state index contributed by atoms with van der Waals surface area (Å²) in [6.45, 7) is 12.7. The molecule has 114 valence electrons. The average molecular weight is 286 g/mol. The molecule has 0 aliphatic carbocycles. The van der Waals surface area contributed by atoms with Crippen molar-refractivity contribution in [1.29, 1.82) is 0 Å². The minimum absolute atomic E-state index is 0.0275. The molecule has 0 saturated carbocycles. The van der Waals surface area contributed by atoms with Crippen LogP contribution in [0.3, 0.4) is 0 Å². The maximum Gasteiger partial charge on any atom is 0.268 e. The molecule has 1 N–H and O–H groups in total. The summed E-state index contributed by atoms with van der Waals surface area (Å²) in [5.74, 6) is 0.498. The number of nitrogens with zero attached hydrogens (tertiary/aromatic N) is 1. The molecule has 0 amide bonds. The number of H-pyrrole nitrogens is 1. The van der Waals surface area contributed by atoms with Crippen LogP contribution in [0.25, 0.3) is 5.69 Å². The third kappa shape index (κ3) is 3.29. The summed E-state index contributed by atoms with van der Waals surface area (Å²) < 4.78 is 1.97. The molecule has 1 aromatic heterocycles. The van der Waals surface area contributed by atoms with Crippen LogP contribution in [-0.4, -0.2) is 9.78 Å². The standard InChI is InChI=1S/C18H26N2O/c1-12(2)10-15-16(18(4,5)6)17(21)19-20(15)14-9-7-8-13(3)11-14/h7-9,11-12H,10H2,1-6H3,(H,19,21). The highest BCUT2D eigenvalue weighted by atomic mass is 16.1. The Morgan fingerprint density at radius 1 is 1.24 bits per heavy atom. The van der Waals surface area contributed by atoms with E-state index in [0.29, 0.717) is 5.92 Å². The zero-order valence-corrected chi connectivity index (χ0v) is 13.9. The van der Waals surface area contributed by atoms with Gasteiger partial charge in [0.2, 0.25) is 0 Å². The quantitative estimate of drug-likeness (QED) is 0.911. The Labute approximate surface area is 127 Å². The Morgan fingerprint density at radius 3 is 2.43 bits per heavy atom. The minimum atomic E-state index is -0.160. The minimum Gasteiger partial charge on any atom is -0.268 e. The zero-order valence-electron chi connectivity index (χ0n) is 13.9. The fourth-order valence-electron chi connectivity index (χ4n) is 2.81. The summed E-state index contributed by atoms with van der Waals surface area (Å²) in [4.78, 5) is 12.5. The highest BCUT2D eigenvalue weighted by Crippen LogP contribution is 2.26. The number of rotatable bonds is 3. The second kappa shape index (κ2) is 5.55. The average Bonchev–Trinajstić information content (AvgIpc) is 2.64. The molecular formula is C18H26N2O. The van der Waals surface area contributed by atoms with Crippen molar-refractivity contribution >= 4 is 0 Å². The highest BCUT2D eigenvalue weighted by Gasteiger charge is 2.26. The molecule has 21 heavy (non-hydrogen) atoms. The predicted molar refractivity (Wildman–Crippen MR) is 88.4 cm³/mol. The first-order valence-electron chi connectivity index (χ1n) is 7.61. The maximum absolute atomic E-state index is 12.5. The Kier molecular flexibility index (Phi) is 4.13. The van der Waals surface area contributed by atoms with Crippen LogP contribution in [0.1, 0.15) is 51.4 Å². The molecule has 2 rings (SSSR count). The van der Waals surface area contributed by atoms with Gasteiger partial charge in [0.15, 0.2) is 0 Å². The first-order valence-corrected chi connectivity index (χ1v) is 7.61. The van der Waals surface area contributed by atoms with E-state index < -0.39 is 0 Å². The van der Waals surface area contributed by atoms with Gasteiger partial charge in [-0.2, -0.15) is 0 Å². The third-order valence-corrected chi connectivity index (χ3v) is 3.61. The van der Waals surface area contributed by atoms with Crippen molar-refractivity contribution in [2.24, 2.45) is 5.92 Å². The lowest BCUT2D eigenvalue weighted by molar-refractivity contribution is 0.555. The van der Waals surface area contributed by atoms with E-state index in [0.717, 1.165) is 23.4 Å². The van der Waals surface area contributed by atoms with E-state index in [1.165, 1.54) is 5.56 Å². The van der Waals surface area contributed by atoms with Crippen LogP contribution >= 0.6 is 0 Å². The fourth-order valence-corrected chi connectivity index (χ4v) is 2.81. The molecule has 0 aliphatic heterocycles. The Hall–Kier alpha value is -1.77. The summed E-state index contributed by atoms with van der Waals surface area (Å²) in [5.41, 5.74) is 4.09. The third-order valence-electron chi connectivity index (χ3n) is 3.61. The van der Waals surface area contributed by atoms with Crippen LogP contribution in [0.2, 0.25) is 0 Å². The van der Waals surface area contributed by atoms with Crippen molar-refractivity contribution in [1.82, 2.24) is 9.78 Å². The lowest BCUT2D eigenvalue weighted by Crippen LogP contribution is -2.22. The molecule has 3 nitrogen and oxygen atoms in total. The van der Waals surface area contributed by atoms with Crippen LogP contribution in [0.15, 0.2) is 29.1 Å². The number of nitrogens with one attached hydrogen (secondary N) is 1. The van der Waals surface area contributed by atoms with Crippen molar-refractivity contribution in [3.8, 4) is 5.69 Å². The van der Waals surface area contributed by atoms with Crippen molar-refractivity contribution < 1.29 is 0 Å². The first-order chi connectivity index (χ1) is 9.70. The highest BCUT2D eigenvalue weighted by molar-refractivity contribution is 5.39. The summed E-state index contributed by atoms with van der Waals surface area (Å²) >= 11 is 0. The van der Waals surface area contributed by atoms with Crippen molar-refractivity contribution in [2.45, 2.75) is 53.4 Å². The molecule has 0 fully saturated rings. The molecule has 0 saturated heterocycles. The van der Waals surface area contributed by atoms with E-state index in [9.17, 15) is 4.79 Å². The van der Waals surface area contributed by atoms with Gasteiger partial charge < -0.3 is 0 Å². The van der Waals surface area contributed by atoms with Crippen molar-refractivity contribution in [3.63, 3.8) is 0 Å². The summed E-state index contributed by atoms with van der Waals surface area (Å²) in [7, 11) is 0. The number of aromatic nitrogens is 2. The summed E-state index contributed by atoms with van der Waals surface area (Å²) in [6, 6.07) is 8.24. The van der Waals surface area contributed by atoms with Gasteiger partial charge >= 0.3 is 0 Å². The van der Waals surface area contributed by atoms with Gasteiger partial charge in [-0.1, -0.05) is 46.8 Å².